The van der Waals surface area contributed by atoms with Crippen molar-refractivity contribution in [1.82, 2.24) is 19.9 Å². The molecule has 21 heavy (non-hydrogen) atoms. The fourth-order valence-corrected chi connectivity index (χ4v) is 2.76. The number of hydrogen-bond acceptors (Lipinski definition) is 5. The molecule has 2 N–H and O–H groups in total. The molecular weight excluding hydrogens is 266 g/mol. The molecule has 3 rings (SSSR count). The third-order valence-corrected chi connectivity index (χ3v) is 3.86. The lowest BCUT2D eigenvalue weighted by Crippen LogP contribution is -2.35. The molecule has 0 radical (unpaired) electrons. The van der Waals surface area contributed by atoms with E-state index in [9.17, 15) is 4.79 Å². The van der Waals surface area contributed by atoms with E-state index in [1.54, 1.807) is 22.9 Å². The fourth-order valence-electron chi connectivity index (χ4n) is 2.76. The van der Waals surface area contributed by atoms with Crippen molar-refractivity contribution in [2.24, 2.45) is 0 Å². The van der Waals surface area contributed by atoms with Gasteiger partial charge in [-0.1, -0.05) is 0 Å². The van der Waals surface area contributed by atoms with Gasteiger partial charge in [0.15, 0.2) is 0 Å². The van der Waals surface area contributed by atoms with Gasteiger partial charge in [-0.25, -0.2) is 4.98 Å². The van der Waals surface area contributed by atoms with Crippen molar-refractivity contribution in [1.29, 1.82) is 0 Å². The minimum Gasteiger partial charge on any atom is -0.351 e. The number of fused-ring (bicyclic) bond motifs is 1. The Morgan fingerprint density at radius 3 is 2.81 bits per heavy atom. The van der Waals surface area contributed by atoms with Crippen LogP contribution in [0, 0.1) is 0 Å². The molecule has 0 spiro atoms. The molecule has 1 saturated heterocycles. The molecule has 3 heterocycles. The first-order valence-corrected chi connectivity index (χ1v) is 7.50. The highest BCUT2D eigenvalue weighted by Crippen LogP contribution is 2.16. The molecule has 0 aliphatic carbocycles. The van der Waals surface area contributed by atoms with Crippen molar-refractivity contribution in [3.63, 3.8) is 0 Å². The molecule has 2 aromatic rings. The number of nitrogens with one attached hydrogen (secondary N) is 2. The van der Waals surface area contributed by atoms with Crippen molar-refractivity contribution in [3.05, 3.63) is 28.7 Å². The molecule has 0 unspecified atom stereocenters. The Labute approximate surface area is 123 Å². The van der Waals surface area contributed by atoms with Crippen LogP contribution in [0.25, 0.3) is 11.0 Å². The minimum absolute atomic E-state index is 0.0241. The average Bonchev–Trinajstić information content (AvgIpc) is 2.47. The Kier molecular flexibility index (Phi) is 3.88. The van der Waals surface area contributed by atoms with Gasteiger partial charge >= 0.3 is 0 Å². The van der Waals surface area contributed by atoms with E-state index in [0.717, 1.165) is 31.3 Å². The number of aromatic nitrogens is 3. The van der Waals surface area contributed by atoms with E-state index in [4.69, 9.17) is 0 Å². The van der Waals surface area contributed by atoms with Crippen LogP contribution in [0.3, 0.4) is 0 Å². The zero-order valence-corrected chi connectivity index (χ0v) is 12.5. The molecular formula is C15H21N5O. The normalized spacial score (nSPS) is 16.5. The summed E-state index contributed by atoms with van der Waals surface area (Å²) in [5, 5.41) is 7.60. The fraction of sp³-hybridized carbons (Fsp3) is 0.533. The molecule has 2 aromatic heterocycles. The molecule has 0 saturated carbocycles. The highest BCUT2D eigenvalue weighted by atomic mass is 16.1. The van der Waals surface area contributed by atoms with E-state index in [-0.39, 0.29) is 11.6 Å². The van der Waals surface area contributed by atoms with Crippen molar-refractivity contribution >= 4 is 17.0 Å². The number of piperidine rings is 1. The largest absolute Gasteiger partial charge is 0.351 e. The Balaban J connectivity index is 1.98. The van der Waals surface area contributed by atoms with E-state index >= 15 is 0 Å². The second-order valence-electron chi connectivity index (χ2n) is 5.78. The summed E-state index contributed by atoms with van der Waals surface area (Å²) < 4.78 is 1.71. The van der Waals surface area contributed by atoms with Crippen LogP contribution in [0.1, 0.15) is 32.7 Å². The molecule has 0 bridgehead atoms. The summed E-state index contributed by atoms with van der Waals surface area (Å²) >= 11 is 0. The zero-order chi connectivity index (χ0) is 14.8. The van der Waals surface area contributed by atoms with Crippen LogP contribution >= 0.6 is 0 Å². The number of rotatable bonds is 3. The van der Waals surface area contributed by atoms with Crippen LogP contribution in [0.4, 0.5) is 5.95 Å². The van der Waals surface area contributed by atoms with Gasteiger partial charge in [0.25, 0.3) is 5.56 Å². The summed E-state index contributed by atoms with van der Waals surface area (Å²) in [6.45, 7) is 6.01. The van der Waals surface area contributed by atoms with Crippen LogP contribution < -0.4 is 16.2 Å². The summed E-state index contributed by atoms with van der Waals surface area (Å²) in [5.74, 6) is 0.606. The van der Waals surface area contributed by atoms with Crippen molar-refractivity contribution < 1.29 is 0 Å². The summed E-state index contributed by atoms with van der Waals surface area (Å²) in [6, 6.07) is 3.82. The molecule has 1 fully saturated rings. The standard InChI is InChI=1S/C15H21N5O/c1-10(2)20-13(21)4-3-11-9-17-15(19-14(11)20)18-12-5-7-16-8-6-12/h3-4,9-10,12,16H,5-8H2,1-2H3,(H,17,18,19). The Morgan fingerprint density at radius 1 is 1.33 bits per heavy atom. The van der Waals surface area contributed by atoms with Crippen LogP contribution in [0.15, 0.2) is 23.1 Å². The summed E-state index contributed by atoms with van der Waals surface area (Å²) in [7, 11) is 0. The highest BCUT2D eigenvalue weighted by Gasteiger charge is 2.15. The van der Waals surface area contributed by atoms with Gasteiger partial charge in [-0.2, -0.15) is 4.98 Å². The smallest absolute Gasteiger partial charge is 0.252 e. The van der Waals surface area contributed by atoms with E-state index < -0.39 is 0 Å². The van der Waals surface area contributed by atoms with Gasteiger partial charge in [0.1, 0.15) is 5.65 Å². The Bertz CT molecular complexity index is 688. The molecule has 0 aromatic carbocycles. The highest BCUT2D eigenvalue weighted by molar-refractivity contribution is 5.75. The van der Waals surface area contributed by atoms with Crippen LogP contribution in [-0.2, 0) is 0 Å². The van der Waals surface area contributed by atoms with Gasteiger partial charge in [-0.05, 0) is 45.8 Å². The van der Waals surface area contributed by atoms with Gasteiger partial charge in [0, 0.05) is 29.7 Å². The predicted molar refractivity (Wildman–Crippen MR) is 83.7 cm³/mol. The molecule has 6 nitrogen and oxygen atoms in total. The molecule has 112 valence electrons. The van der Waals surface area contributed by atoms with Gasteiger partial charge in [-0.3, -0.25) is 9.36 Å². The van der Waals surface area contributed by atoms with Crippen LogP contribution in [0.2, 0.25) is 0 Å². The molecule has 1 aliphatic rings. The molecule has 0 amide bonds. The van der Waals surface area contributed by atoms with E-state index in [0.29, 0.717) is 17.6 Å². The maximum absolute atomic E-state index is 12.0. The first kappa shape index (κ1) is 14.0. The van der Waals surface area contributed by atoms with E-state index in [1.165, 1.54) is 0 Å². The van der Waals surface area contributed by atoms with Crippen molar-refractivity contribution in [2.75, 3.05) is 18.4 Å². The number of anilines is 1. The van der Waals surface area contributed by atoms with E-state index in [2.05, 4.69) is 20.6 Å². The number of nitrogens with zero attached hydrogens (tertiary/aromatic N) is 3. The third kappa shape index (κ3) is 2.90. The second-order valence-corrected chi connectivity index (χ2v) is 5.78. The van der Waals surface area contributed by atoms with Gasteiger partial charge in [0.2, 0.25) is 5.95 Å². The molecule has 1 aliphatic heterocycles. The van der Waals surface area contributed by atoms with Gasteiger partial charge < -0.3 is 10.6 Å². The Morgan fingerprint density at radius 2 is 2.10 bits per heavy atom. The Hall–Kier alpha value is -1.95. The van der Waals surface area contributed by atoms with Crippen LogP contribution in [-0.4, -0.2) is 33.7 Å². The summed E-state index contributed by atoms with van der Waals surface area (Å²) in [4.78, 5) is 21.0. The third-order valence-electron chi connectivity index (χ3n) is 3.86. The number of hydrogen-bond donors (Lipinski definition) is 2. The lowest BCUT2D eigenvalue weighted by Gasteiger charge is -2.23. The van der Waals surface area contributed by atoms with Gasteiger partial charge in [0.05, 0.1) is 0 Å². The molecule has 6 heteroatoms. The topological polar surface area (TPSA) is 71.8 Å². The first-order valence-electron chi connectivity index (χ1n) is 7.50. The van der Waals surface area contributed by atoms with Crippen molar-refractivity contribution in [2.45, 2.75) is 38.8 Å². The maximum Gasteiger partial charge on any atom is 0.252 e. The summed E-state index contributed by atoms with van der Waals surface area (Å²) in [6.07, 6.45) is 3.91. The average molecular weight is 287 g/mol. The second kappa shape index (κ2) is 5.81. The predicted octanol–water partition coefficient (Wildman–Crippen LogP) is 1.54. The zero-order valence-electron chi connectivity index (χ0n) is 12.5. The molecule has 0 atom stereocenters. The quantitative estimate of drug-likeness (QED) is 0.896. The minimum atomic E-state index is -0.0241. The van der Waals surface area contributed by atoms with Crippen LogP contribution in [0.5, 0.6) is 0 Å². The van der Waals surface area contributed by atoms with E-state index in [1.807, 2.05) is 13.8 Å². The maximum atomic E-state index is 12.0. The summed E-state index contributed by atoms with van der Waals surface area (Å²) in [5.41, 5.74) is 0.674. The SMILES string of the molecule is CC(C)n1c(=O)ccc2cnc(NC3CCNCC3)nc21. The lowest BCUT2D eigenvalue weighted by atomic mass is 10.1. The van der Waals surface area contributed by atoms with Crippen molar-refractivity contribution in [3.8, 4) is 0 Å². The monoisotopic (exact) mass is 287 g/mol. The first-order chi connectivity index (χ1) is 10.1. The van der Waals surface area contributed by atoms with Gasteiger partial charge in [-0.15, -0.1) is 0 Å². The lowest BCUT2D eigenvalue weighted by molar-refractivity contribution is 0.477. The number of pyridine rings is 1.